The lowest BCUT2D eigenvalue weighted by molar-refractivity contribution is -0.137. The van der Waals surface area contributed by atoms with Crippen molar-refractivity contribution in [1.29, 1.82) is 0 Å². The smallest absolute Gasteiger partial charge is 0.396 e. The van der Waals surface area contributed by atoms with Gasteiger partial charge in [0.15, 0.2) is 0 Å². The van der Waals surface area contributed by atoms with E-state index in [0.29, 0.717) is 18.4 Å². The number of hydrogen-bond donors (Lipinski definition) is 2. The van der Waals surface area contributed by atoms with E-state index in [2.05, 4.69) is 5.32 Å². The summed E-state index contributed by atoms with van der Waals surface area (Å²) in [5.41, 5.74) is 0.274. The number of nitrogens with one attached hydrogen (secondary N) is 1. The maximum atomic E-state index is 12.8. The van der Waals surface area contributed by atoms with E-state index in [-0.39, 0.29) is 18.3 Å². The number of alkyl halides is 3. The SMILES string of the molecule is OCCC1CCc2cccc(C(F)(F)F)c2N1. The summed E-state index contributed by atoms with van der Waals surface area (Å²) in [6, 6.07) is 4.17. The Morgan fingerprint density at radius 2 is 2.12 bits per heavy atom. The molecule has 2 rings (SSSR count). The van der Waals surface area contributed by atoms with E-state index >= 15 is 0 Å². The van der Waals surface area contributed by atoms with Crippen molar-refractivity contribution >= 4 is 5.69 Å². The topological polar surface area (TPSA) is 32.3 Å². The van der Waals surface area contributed by atoms with E-state index < -0.39 is 11.7 Å². The van der Waals surface area contributed by atoms with Crippen LogP contribution >= 0.6 is 0 Å². The van der Waals surface area contributed by atoms with E-state index in [1.54, 1.807) is 6.07 Å². The normalized spacial score (nSPS) is 19.6. The van der Waals surface area contributed by atoms with Crippen LogP contribution in [0.3, 0.4) is 0 Å². The summed E-state index contributed by atoms with van der Waals surface area (Å²) in [6.07, 6.45) is -2.48. The molecular formula is C12H14F3NO. The molecule has 0 bridgehead atoms. The standard InChI is InChI=1S/C12H14F3NO/c13-12(14,15)10-3-1-2-8-4-5-9(6-7-17)16-11(8)10/h1-3,9,16-17H,4-7H2. The first-order chi connectivity index (χ1) is 8.02. The van der Waals surface area contributed by atoms with Crippen molar-refractivity contribution in [3.63, 3.8) is 0 Å². The molecule has 1 aromatic rings. The number of hydrogen-bond acceptors (Lipinski definition) is 2. The maximum Gasteiger partial charge on any atom is 0.418 e. The highest BCUT2D eigenvalue weighted by atomic mass is 19.4. The second kappa shape index (κ2) is 4.56. The number of fused-ring (bicyclic) bond motifs is 1. The molecule has 1 unspecified atom stereocenters. The fraction of sp³-hybridized carbons (Fsp3) is 0.500. The Labute approximate surface area is 97.5 Å². The molecule has 5 heteroatoms. The summed E-state index contributed by atoms with van der Waals surface area (Å²) < 4.78 is 38.4. The van der Waals surface area contributed by atoms with Crippen LogP contribution in [-0.2, 0) is 12.6 Å². The molecule has 1 aromatic carbocycles. The zero-order valence-electron chi connectivity index (χ0n) is 9.22. The number of para-hydroxylation sites is 1. The molecule has 1 aliphatic heterocycles. The maximum absolute atomic E-state index is 12.8. The molecule has 94 valence electrons. The molecule has 2 N–H and O–H groups in total. The highest BCUT2D eigenvalue weighted by Crippen LogP contribution is 2.39. The van der Waals surface area contributed by atoms with Gasteiger partial charge in [-0.25, -0.2) is 0 Å². The van der Waals surface area contributed by atoms with Crippen LogP contribution in [0.2, 0.25) is 0 Å². The van der Waals surface area contributed by atoms with Gasteiger partial charge in [0, 0.05) is 18.3 Å². The Morgan fingerprint density at radius 1 is 1.35 bits per heavy atom. The highest BCUT2D eigenvalue weighted by molar-refractivity contribution is 5.61. The predicted molar refractivity (Wildman–Crippen MR) is 58.9 cm³/mol. The second-order valence-corrected chi connectivity index (χ2v) is 4.23. The van der Waals surface area contributed by atoms with Crippen LogP contribution < -0.4 is 5.32 Å². The lowest BCUT2D eigenvalue weighted by Crippen LogP contribution is -2.28. The van der Waals surface area contributed by atoms with Gasteiger partial charge < -0.3 is 10.4 Å². The number of halogens is 3. The van der Waals surface area contributed by atoms with Gasteiger partial charge in [0.2, 0.25) is 0 Å². The fourth-order valence-corrected chi connectivity index (χ4v) is 2.19. The highest BCUT2D eigenvalue weighted by Gasteiger charge is 2.35. The molecule has 1 atom stereocenters. The first-order valence-corrected chi connectivity index (χ1v) is 5.59. The van der Waals surface area contributed by atoms with Crippen LogP contribution in [0.1, 0.15) is 24.0 Å². The molecule has 1 aliphatic rings. The average Bonchev–Trinajstić information content (AvgIpc) is 2.27. The predicted octanol–water partition coefficient (Wildman–Crippen LogP) is 2.81. The van der Waals surface area contributed by atoms with Crippen LogP contribution in [0.4, 0.5) is 18.9 Å². The molecular weight excluding hydrogens is 231 g/mol. The lowest BCUT2D eigenvalue weighted by atomic mass is 9.94. The first-order valence-electron chi connectivity index (χ1n) is 5.59. The van der Waals surface area contributed by atoms with Crippen molar-refractivity contribution in [2.24, 2.45) is 0 Å². The van der Waals surface area contributed by atoms with Gasteiger partial charge in [-0.3, -0.25) is 0 Å². The Morgan fingerprint density at radius 3 is 2.76 bits per heavy atom. The molecule has 1 heterocycles. The zero-order chi connectivity index (χ0) is 12.5. The van der Waals surface area contributed by atoms with Crippen molar-refractivity contribution in [2.75, 3.05) is 11.9 Å². The Kier molecular flexibility index (Phi) is 3.28. The minimum atomic E-state index is -4.33. The van der Waals surface area contributed by atoms with Crippen LogP contribution in [0.25, 0.3) is 0 Å². The number of aryl methyl sites for hydroxylation is 1. The molecule has 2 nitrogen and oxygen atoms in total. The lowest BCUT2D eigenvalue weighted by Gasteiger charge is -2.29. The molecule has 0 radical (unpaired) electrons. The monoisotopic (exact) mass is 245 g/mol. The molecule has 0 aromatic heterocycles. The van der Waals surface area contributed by atoms with Gasteiger partial charge >= 0.3 is 6.18 Å². The fourth-order valence-electron chi connectivity index (χ4n) is 2.19. The van der Waals surface area contributed by atoms with Crippen LogP contribution in [0.5, 0.6) is 0 Å². The van der Waals surface area contributed by atoms with E-state index in [9.17, 15) is 13.2 Å². The van der Waals surface area contributed by atoms with Crippen molar-refractivity contribution in [1.82, 2.24) is 0 Å². The van der Waals surface area contributed by atoms with Gasteiger partial charge in [0.1, 0.15) is 0 Å². The summed E-state index contributed by atoms with van der Waals surface area (Å²) in [7, 11) is 0. The Bertz CT molecular complexity index is 403. The van der Waals surface area contributed by atoms with Crippen LogP contribution in [0, 0.1) is 0 Å². The minimum Gasteiger partial charge on any atom is -0.396 e. The summed E-state index contributed by atoms with van der Waals surface area (Å²) >= 11 is 0. The summed E-state index contributed by atoms with van der Waals surface area (Å²) in [6.45, 7) is -0.0127. The molecule has 0 fully saturated rings. The van der Waals surface area contributed by atoms with Gasteiger partial charge in [0.25, 0.3) is 0 Å². The molecule has 17 heavy (non-hydrogen) atoms. The number of benzene rings is 1. The minimum absolute atomic E-state index is 0.0127. The first kappa shape index (κ1) is 12.2. The van der Waals surface area contributed by atoms with Crippen molar-refractivity contribution in [3.05, 3.63) is 29.3 Å². The van der Waals surface area contributed by atoms with Crippen LogP contribution in [0.15, 0.2) is 18.2 Å². The largest absolute Gasteiger partial charge is 0.418 e. The third-order valence-corrected chi connectivity index (χ3v) is 3.04. The van der Waals surface area contributed by atoms with E-state index in [1.807, 2.05) is 0 Å². The third kappa shape index (κ3) is 2.54. The molecule has 0 amide bonds. The zero-order valence-corrected chi connectivity index (χ0v) is 9.22. The quantitative estimate of drug-likeness (QED) is 0.839. The molecule has 0 aliphatic carbocycles. The van der Waals surface area contributed by atoms with Crippen molar-refractivity contribution < 1.29 is 18.3 Å². The molecule has 0 spiro atoms. The number of rotatable bonds is 2. The van der Waals surface area contributed by atoms with Gasteiger partial charge in [0.05, 0.1) is 5.56 Å². The van der Waals surface area contributed by atoms with Gasteiger partial charge in [-0.15, -0.1) is 0 Å². The van der Waals surface area contributed by atoms with E-state index in [1.165, 1.54) is 6.07 Å². The number of aliphatic hydroxyl groups is 1. The van der Waals surface area contributed by atoms with Crippen molar-refractivity contribution in [2.45, 2.75) is 31.5 Å². The number of aliphatic hydroxyl groups excluding tert-OH is 1. The van der Waals surface area contributed by atoms with E-state index in [4.69, 9.17) is 5.11 Å². The van der Waals surface area contributed by atoms with Crippen LogP contribution in [-0.4, -0.2) is 17.8 Å². The summed E-state index contributed by atoms with van der Waals surface area (Å²) in [4.78, 5) is 0. The second-order valence-electron chi connectivity index (χ2n) is 4.23. The third-order valence-electron chi connectivity index (χ3n) is 3.04. The average molecular weight is 245 g/mol. The Balaban J connectivity index is 2.33. The summed E-state index contributed by atoms with van der Waals surface area (Å²) in [5, 5.41) is 11.7. The number of anilines is 1. The molecule has 0 saturated carbocycles. The van der Waals surface area contributed by atoms with Crippen molar-refractivity contribution in [3.8, 4) is 0 Å². The van der Waals surface area contributed by atoms with Gasteiger partial charge in [-0.05, 0) is 30.9 Å². The Hall–Kier alpha value is -1.23. The van der Waals surface area contributed by atoms with E-state index in [0.717, 1.165) is 12.5 Å². The molecule has 0 saturated heterocycles. The summed E-state index contributed by atoms with van der Waals surface area (Å²) in [5.74, 6) is 0. The van der Waals surface area contributed by atoms with Gasteiger partial charge in [-0.2, -0.15) is 13.2 Å². The van der Waals surface area contributed by atoms with Gasteiger partial charge in [-0.1, -0.05) is 12.1 Å².